The minimum absolute atomic E-state index is 0.154. The quantitative estimate of drug-likeness (QED) is 0.544. The first-order chi connectivity index (χ1) is 7.47. The van der Waals surface area contributed by atoms with E-state index in [0.717, 1.165) is 0 Å². The van der Waals surface area contributed by atoms with Crippen molar-refractivity contribution in [3.8, 4) is 0 Å². The fraction of sp³-hybridized carbons (Fsp3) is 0.909. The number of rotatable bonds is 8. The zero-order valence-corrected chi connectivity index (χ0v) is 10.4. The van der Waals surface area contributed by atoms with Crippen LogP contribution in [0.15, 0.2) is 0 Å². The highest BCUT2D eigenvalue weighted by Gasteiger charge is 2.14. The predicted octanol–water partition coefficient (Wildman–Crippen LogP) is -0.127. The van der Waals surface area contributed by atoms with Gasteiger partial charge in [0.1, 0.15) is 0 Å². The zero-order chi connectivity index (χ0) is 12.6. The van der Waals surface area contributed by atoms with Gasteiger partial charge in [0.25, 0.3) is 0 Å². The van der Waals surface area contributed by atoms with Crippen molar-refractivity contribution in [2.75, 3.05) is 20.3 Å². The Bertz CT molecular complexity index is 198. The number of carbonyl (C=O) groups excluding carboxylic acids is 1. The molecule has 1 amide bonds. The number of carbonyl (C=O) groups is 1. The van der Waals surface area contributed by atoms with Gasteiger partial charge in [-0.05, 0) is 18.8 Å². The highest BCUT2D eigenvalue weighted by atomic mass is 16.5. The number of amides is 1. The van der Waals surface area contributed by atoms with Crippen LogP contribution in [0.1, 0.15) is 26.7 Å². The Labute approximate surface area is 97.3 Å². The second kappa shape index (κ2) is 8.50. The van der Waals surface area contributed by atoms with E-state index in [1.165, 1.54) is 7.11 Å². The number of aliphatic hydroxyl groups excluding tert-OH is 1. The highest BCUT2D eigenvalue weighted by molar-refractivity contribution is 5.81. The lowest BCUT2D eigenvalue weighted by Crippen LogP contribution is -2.42. The molecule has 0 aromatic heterocycles. The molecule has 0 aromatic rings. The molecule has 4 N–H and O–H groups in total. The summed E-state index contributed by atoms with van der Waals surface area (Å²) in [7, 11) is 1.53. The summed E-state index contributed by atoms with van der Waals surface area (Å²) < 4.78 is 4.77. The lowest BCUT2D eigenvalue weighted by molar-refractivity contribution is -0.122. The molecule has 0 aromatic carbocycles. The van der Waals surface area contributed by atoms with Crippen LogP contribution in [0.2, 0.25) is 0 Å². The van der Waals surface area contributed by atoms with Gasteiger partial charge in [0.2, 0.25) is 5.91 Å². The molecule has 16 heavy (non-hydrogen) atoms. The molecular weight excluding hydrogens is 208 g/mol. The van der Waals surface area contributed by atoms with Crippen molar-refractivity contribution in [3.05, 3.63) is 0 Å². The molecule has 1 unspecified atom stereocenters. The lowest BCUT2D eigenvalue weighted by atomic mass is 10.0. The number of methoxy groups -OCH3 is 1. The molecule has 0 heterocycles. The molecule has 96 valence electrons. The van der Waals surface area contributed by atoms with Gasteiger partial charge in [0, 0.05) is 13.7 Å². The number of hydrogen-bond donors (Lipinski definition) is 3. The minimum Gasteiger partial charge on any atom is -0.391 e. The maximum Gasteiger partial charge on any atom is 0.236 e. The average molecular weight is 232 g/mol. The SMILES string of the molecule is COCC(O)CCNC(=O)[C@@H](N)CC(C)C. The summed E-state index contributed by atoms with van der Waals surface area (Å²) in [5.41, 5.74) is 5.69. The molecule has 5 heteroatoms. The van der Waals surface area contributed by atoms with Crippen LogP contribution in [-0.4, -0.2) is 43.4 Å². The van der Waals surface area contributed by atoms with E-state index in [-0.39, 0.29) is 12.5 Å². The summed E-state index contributed by atoms with van der Waals surface area (Å²) in [5.74, 6) is 0.248. The fourth-order valence-corrected chi connectivity index (χ4v) is 1.38. The summed E-state index contributed by atoms with van der Waals surface area (Å²) >= 11 is 0. The van der Waals surface area contributed by atoms with Crippen LogP contribution < -0.4 is 11.1 Å². The summed E-state index contributed by atoms with van der Waals surface area (Å²) in [5, 5.41) is 12.0. The third-order valence-corrected chi connectivity index (χ3v) is 2.20. The van der Waals surface area contributed by atoms with Gasteiger partial charge in [-0.25, -0.2) is 0 Å². The summed E-state index contributed by atoms with van der Waals surface area (Å²) in [6.07, 6.45) is 0.618. The van der Waals surface area contributed by atoms with Gasteiger partial charge in [-0.2, -0.15) is 0 Å². The Morgan fingerprint density at radius 3 is 2.62 bits per heavy atom. The van der Waals surface area contributed by atoms with Crippen molar-refractivity contribution in [2.45, 2.75) is 38.8 Å². The molecule has 0 saturated heterocycles. The van der Waals surface area contributed by atoms with Crippen LogP contribution in [0, 0.1) is 5.92 Å². The molecule has 0 fully saturated rings. The van der Waals surface area contributed by atoms with Gasteiger partial charge >= 0.3 is 0 Å². The molecule has 0 bridgehead atoms. The van der Waals surface area contributed by atoms with Crippen LogP contribution in [0.4, 0.5) is 0 Å². The largest absolute Gasteiger partial charge is 0.391 e. The number of nitrogens with two attached hydrogens (primary N) is 1. The van der Waals surface area contributed by atoms with Crippen molar-refractivity contribution in [3.63, 3.8) is 0 Å². The Morgan fingerprint density at radius 1 is 1.50 bits per heavy atom. The Morgan fingerprint density at radius 2 is 2.12 bits per heavy atom. The topological polar surface area (TPSA) is 84.6 Å². The maximum atomic E-state index is 11.5. The lowest BCUT2D eigenvalue weighted by Gasteiger charge is -2.15. The number of nitrogens with one attached hydrogen (secondary N) is 1. The third kappa shape index (κ3) is 7.62. The van der Waals surface area contributed by atoms with Gasteiger partial charge in [-0.3, -0.25) is 4.79 Å². The van der Waals surface area contributed by atoms with Crippen molar-refractivity contribution < 1.29 is 14.6 Å². The van der Waals surface area contributed by atoms with E-state index < -0.39 is 12.1 Å². The van der Waals surface area contributed by atoms with Gasteiger partial charge in [0.15, 0.2) is 0 Å². The standard InChI is InChI=1S/C11H24N2O3/c1-8(2)6-10(12)11(15)13-5-4-9(14)7-16-3/h8-10,14H,4-7,12H2,1-3H3,(H,13,15)/t9?,10-/m0/s1. The monoisotopic (exact) mass is 232 g/mol. The molecule has 0 rings (SSSR count). The van der Waals surface area contributed by atoms with Gasteiger partial charge in [0.05, 0.1) is 18.8 Å². The van der Waals surface area contributed by atoms with E-state index in [4.69, 9.17) is 10.5 Å². The smallest absolute Gasteiger partial charge is 0.236 e. The number of aliphatic hydroxyl groups is 1. The molecule has 5 nitrogen and oxygen atoms in total. The Balaban J connectivity index is 3.64. The van der Waals surface area contributed by atoms with E-state index in [2.05, 4.69) is 5.32 Å². The van der Waals surface area contributed by atoms with Crippen molar-refractivity contribution in [1.29, 1.82) is 0 Å². The second-order valence-corrected chi connectivity index (χ2v) is 4.42. The third-order valence-electron chi connectivity index (χ3n) is 2.20. The van der Waals surface area contributed by atoms with Crippen molar-refractivity contribution in [1.82, 2.24) is 5.32 Å². The van der Waals surface area contributed by atoms with E-state index in [1.54, 1.807) is 0 Å². The molecule has 0 aliphatic rings. The van der Waals surface area contributed by atoms with Gasteiger partial charge in [-0.15, -0.1) is 0 Å². The van der Waals surface area contributed by atoms with E-state index in [9.17, 15) is 9.90 Å². The van der Waals surface area contributed by atoms with E-state index in [1.807, 2.05) is 13.8 Å². The van der Waals surface area contributed by atoms with Crippen LogP contribution in [0.5, 0.6) is 0 Å². The predicted molar refractivity (Wildman–Crippen MR) is 62.9 cm³/mol. The van der Waals surface area contributed by atoms with Gasteiger partial charge < -0.3 is 20.9 Å². The Kier molecular flexibility index (Phi) is 8.15. The number of hydrogen-bond acceptors (Lipinski definition) is 4. The molecule has 0 radical (unpaired) electrons. The summed E-state index contributed by atoms with van der Waals surface area (Å²) in [6.45, 7) is 4.76. The zero-order valence-electron chi connectivity index (χ0n) is 10.4. The van der Waals surface area contributed by atoms with E-state index >= 15 is 0 Å². The van der Waals surface area contributed by atoms with Crippen molar-refractivity contribution >= 4 is 5.91 Å². The van der Waals surface area contributed by atoms with Crippen LogP contribution in [-0.2, 0) is 9.53 Å². The highest BCUT2D eigenvalue weighted by Crippen LogP contribution is 2.02. The molecule has 2 atom stereocenters. The minimum atomic E-state index is -0.536. The molecule has 0 saturated carbocycles. The average Bonchev–Trinajstić information content (AvgIpc) is 2.16. The van der Waals surface area contributed by atoms with Crippen LogP contribution in [0.25, 0.3) is 0 Å². The summed E-state index contributed by atoms with van der Waals surface area (Å²) in [4.78, 5) is 11.5. The Hall–Kier alpha value is -0.650. The first kappa shape index (κ1) is 15.3. The molecule has 0 aliphatic heterocycles. The maximum absolute atomic E-state index is 11.5. The first-order valence-electron chi connectivity index (χ1n) is 5.67. The van der Waals surface area contributed by atoms with Crippen molar-refractivity contribution in [2.24, 2.45) is 11.7 Å². The summed E-state index contributed by atoms with van der Waals surface area (Å²) in [6, 6.07) is -0.459. The molecule has 0 spiro atoms. The second-order valence-electron chi connectivity index (χ2n) is 4.42. The molecular formula is C11H24N2O3. The fourth-order valence-electron chi connectivity index (χ4n) is 1.38. The van der Waals surface area contributed by atoms with Crippen LogP contribution in [0.3, 0.4) is 0 Å². The number of ether oxygens (including phenoxy) is 1. The molecule has 0 aliphatic carbocycles. The normalized spacial score (nSPS) is 14.9. The van der Waals surface area contributed by atoms with Gasteiger partial charge in [-0.1, -0.05) is 13.8 Å². The first-order valence-corrected chi connectivity index (χ1v) is 5.67. The van der Waals surface area contributed by atoms with E-state index in [0.29, 0.717) is 25.3 Å². The van der Waals surface area contributed by atoms with Crippen LogP contribution >= 0.6 is 0 Å².